The van der Waals surface area contributed by atoms with E-state index >= 15 is 0 Å². The number of ether oxygens (including phenoxy) is 2. The molecule has 0 aliphatic carbocycles. The molecule has 178 valence electrons. The molecule has 2 heterocycles. The number of aromatic hydroxyl groups is 1. The molecule has 8 heteroatoms. The number of carbonyl (C=O) groups is 1. The van der Waals surface area contributed by atoms with Crippen LogP contribution in [0.2, 0.25) is 0 Å². The van der Waals surface area contributed by atoms with Crippen LogP contribution < -0.4 is 20.3 Å². The molecule has 0 radical (unpaired) electrons. The molecule has 1 aliphatic heterocycles. The minimum Gasteiger partial charge on any atom is -0.507 e. The van der Waals surface area contributed by atoms with Gasteiger partial charge in [-0.05, 0) is 41.0 Å². The fourth-order valence-electron chi connectivity index (χ4n) is 4.51. The van der Waals surface area contributed by atoms with Crippen LogP contribution in [0.15, 0.2) is 71.5 Å². The molecule has 35 heavy (non-hydrogen) atoms. The number of carboxylic acids is 1. The average Bonchev–Trinajstić information content (AvgIpc) is 2.89. The molecular weight excluding hydrogens is 448 g/mol. The van der Waals surface area contributed by atoms with Gasteiger partial charge in [0.25, 0.3) is 5.56 Å². The Bertz CT molecular complexity index is 1460. The predicted molar refractivity (Wildman–Crippen MR) is 131 cm³/mol. The predicted octanol–water partition coefficient (Wildman–Crippen LogP) is 3.54. The van der Waals surface area contributed by atoms with E-state index in [4.69, 9.17) is 14.6 Å². The van der Waals surface area contributed by atoms with E-state index in [0.29, 0.717) is 16.7 Å². The summed E-state index contributed by atoms with van der Waals surface area (Å²) in [5, 5.41) is 23.0. The van der Waals surface area contributed by atoms with Crippen molar-refractivity contribution < 1.29 is 24.5 Å². The number of aromatic nitrogens is 1. The van der Waals surface area contributed by atoms with Crippen molar-refractivity contribution in [2.24, 2.45) is 0 Å². The molecule has 4 aromatic rings. The summed E-state index contributed by atoms with van der Waals surface area (Å²) < 4.78 is 12.9. The molecule has 0 saturated carbocycles. The lowest BCUT2D eigenvalue weighted by Crippen LogP contribution is -2.36. The summed E-state index contributed by atoms with van der Waals surface area (Å²) in [6.45, 7) is -0.141. The van der Waals surface area contributed by atoms with Crippen molar-refractivity contribution in [3.05, 3.63) is 88.2 Å². The molecule has 8 nitrogen and oxygen atoms in total. The van der Waals surface area contributed by atoms with Crippen LogP contribution in [0.25, 0.3) is 22.0 Å². The highest BCUT2D eigenvalue weighted by Gasteiger charge is 2.29. The van der Waals surface area contributed by atoms with Crippen LogP contribution in [0.1, 0.15) is 17.2 Å². The maximum Gasteiger partial charge on any atom is 0.317 e. The van der Waals surface area contributed by atoms with Crippen LogP contribution in [0.3, 0.4) is 0 Å². The van der Waals surface area contributed by atoms with Gasteiger partial charge in [0.05, 0.1) is 30.8 Å². The quantitative estimate of drug-likeness (QED) is 0.377. The summed E-state index contributed by atoms with van der Waals surface area (Å²) in [5.74, 6) is 0.0936. The van der Waals surface area contributed by atoms with Crippen LogP contribution in [-0.4, -0.2) is 41.0 Å². The Morgan fingerprint density at radius 2 is 1.77 bits per heavy atom. The standard InChI is InChI=1S/C27H24N2O6/c1-34-19-11-9-17(10-12-19)16-5-7-18(8-6-16)22-15-35-23-4-2-3-20-25(23)29(22)27(33)21(26(20)32)13-28-14-24(30)31/h2-12,22,28,32H,13-15H2,1H3,(H,30,31). The number of rotatable bonds is 7. The number of methoxy groups -OCH3 is 1. The molecule has 0 bridgehead atoms. The summed E-state index contributed by atoms with van der Waals surface area (Å²) in [7, 11) is 1.63. The van der Waals surface area contributed by atoms with Gasteiger partial charge in [0.2, 0.25) is 0 Å². The van der Waals surface area contributed by atoms with E-state index in [1.165, 1.54) is 0 Å². The largest absolute Gasteiger partial charge is 0.507 e. The topological polar surface area (TPSA) is 110 Å². The van der Waals surface area contributed by atoms with Gasteiger partial charge in [-0.3, -0.25) is 14.2 Å². The van der Waals surface area contributed by atoms with E-state index in [2.05, 4.69) is 5.32 Å². The highest BCUT2D eigenvalue weighted by Crippen LogP contribution is 2.38. The molecule has 0 spiro atoms. The van der Waals surface area contributed by atoms with E-state index in [0.717, 1.165) is 22.4 Å². The van der Waals surface area contributed by atoms with Crippen LogP contribution in [0, 0.1) is 0 Å². The normalized spacial score (nSPS) is 14.5. The highest BCUT2D eigenvalue weighted by molar-refractivity contribution is 5.91. The number of nitrogens with one attached hydrogen (secondary N) is 1. The van der Waals surface area contributed by atoms with E-state index in [-0.39, 0.29) is 36.6 Å². The van der Waals surface area contributed by atoms with Gasteiger partial charge in [0.15, 0.2) is 0 Å². The first kappa shape index (κ1) is 22.5. The number of nitrogens with zero attached hydrogens (tertiary/aromatic N) is 1. The molecule has 1 unspecified atom stereocenters. The zero-order chi connectivity index (χ0) is 24.5. The van der Waals surface area contributed by atoms with E-state index in [1.54, 1.807) is 29.9 Å². The van der Waals surface area contributed by atoms with Crippen molar-refractivity contribution in [1.82, 2.24) is 9.88 Å². The van der Waals surface area contributed by atoms with Gasteiger partial charge in [-0.2, -0.15) is 0 Å². The van der Waals surface area contributed by atoms with Crippen LogP contribution in [-0.2, 0) is 11.3 Å². The molecule has 0 fully saturated rings. The number of hydrogen-bond donors (Lipinski definition) is 3. The minimum atomic E-state index is -1.04. The molecule has 1 aromatic heterocycles. The maximum atomic E-state index is 13.6. The van der Waals surface area contributed by atoms with Gasteiger partial charge in [0.1, 0.15) is 23.9 Å². The molecular formula is C27H24N2O6. The van der Waals surface area contributed by atoms with Crippen molar-refractivity contribution in [2.75, 3.05) is 20.3 Å². The average molecular weight is 472 g/mol. The van der Waals surface area contributed by atoms with Gasteiger partial charge in [-0.1, -0.05) is 42.5 Å². The van der Waals surface area contributed by atoms with Crippen molar-refractivity contribution in [3.63, 3.8) is 0 Å². The van der Waals surface area contributed by atoms with Crippen LogP contribution in [0.4, 0.5) is 0 Å². The molecule has 1 atom stereocenters. The first-order valence-corrected chi connectivity index (χ1v) is 11.2. The monoisotopic (exact) mass is 472 g/mol. The zero-order valence-corrected chi connectivity index (χ0v) is 19.0. The second-order valence-corrected chi connectivity index (χ2v) is 8.33. The fraction of sp³-hybridized carbons (Fsp3) is 0.185. The number of hydrogen-bond acceptors (Lipinski definition) is 6. The SMILES string of the molecule is COc1ccc(-c2ccc(C3COc4cccc5c(O)c(CNCC(=O)O)c(=O)n3c45)cc2)cc1. The number of para-hydroxylation sites is 1. The fourth-order valence-corrected chi connectivity index (χ4v) is 4.51. The van der Waals surface area contributed by atoms with Gasteiger partial charge in [-0.15, -0.1) is 0 Å². The maximum absolute atomic E-state index is 13.6. The molecule has 3 aromatic carbocycles. The van der Waals surface area contributed by atoms with Gasteiger partial charge in [-0.25, -0.2) is 0 Å². The Hall–Kier alpha value is -4.30. The van der Waals surface area contributed by atoms with E-state index in [1.807, 2.05) is 48.5 Å². The second-order valence-electron chi connectivity index (χ2n) is 8.33. The number of benzene rings is 3. The minimum absolute atomic E-state index is 0.0683. The number of carboxylic acid groups (broad SMARTS) is 1. The smallest absolute Gasteiger partial charge is 0.317 e. The summed E-state index contributed by atoms with van der Waals surface area (Å²) in [4.78, 5) is 24.5. The molecule has 0 saturated heterocycles. The summed E-state index contributed by atoms with van der Waals surface area (Å²) >= 11 is 0. The van der Waals surface area contributed by atoms with E-state index < -0.39 is 12.0 Å². The lowest BCUT2D eigenvalue weighted by molar-refractivity contribution is -0.136. The molecule has 5 rings (SSSR count). The van der Waals surface area contributed by atoms with Crippen molar-refractivity contribution in [3.8, 4) is 28.4 Å². The molecule has 3 N–H and O–H groups in total. The highest BCUT2D eigenvalue weighted by atomic mass is 16.5. The molecule has 1 aliphatic rings. The Kier molecular flexibility index (Phi) is 5.88. The Morgan fingerprint density at radius 3 is 2.43 bits per heavy atom. The van der Waals surface area contributed by atoms with Gasteiger partial charge in [0, 0.05) is 11.9 Å². The zero-order valence-electron chi connectivity index (χ0n) is 19.0. The van der Waals surface area contributed by atoms with E-state index in [9.17, 15) is 14.7 Å². The van der Waals surface area contributed by atoms with Crippen LogP contribution >= 0.6 is 0 Å². The first-order valence-electron chi connectivity index (χ1n) is 11.2. The summed E-state index contributed by atoms with van der Waals surface area (Å²) in [6, 6.07) is 20.5. The second kappa shape index (κ2) is 9.15. The summed E-state index contributed by atoms with van der Waals surface area (Å²) in [6.07, 6.45) is 0. The third-order valence-corrected chi connectivity index (χ3v) is 6.26. The number of pyridine rings is 1. The molecule has 0 amide bonds. The van der Waals surface area contributed by atoms with Crippen molar-refractivity contribution in [2.45, 2.75) is 12.6 Å². The first-order chi connectivity index (χ1) is 17.0. The lowest BCUT2D eigenvalue weighted by atomic mass is 9.99. The van der Waals surface area contributed by atoms with Crippen molar-refractivity contribution >= 4 is 16.9 Å². The van der Waals surface area contributed by atoms with Gasteiger partial charge >= 0.3 is 5.97 Å². The summed E-state index contributed by atoms with van der Waals surface area (Å²) in [5.41, 5.74) is 3.21. The van der Waals surface area contributed by atoms with Gasteiger partial charge < -0.3 is 25.0 Å². The Morgan fingerprint density at radius 1 is 1.09 bits per heavy atom. The van der Waals surface area contributed by atoms with Crippen LogP contribution in [0.5, 0.6) is 17.2 Å². The third kappa shape index (κ3) is 4.08. The Labute approximate surface area is 201 Å². The van der Waals surface area contributed by atoms with Crippen molar-refractivity contribution in [1.29, 1.82) is 0 Å². The Balaban J connectivity index is 1.57. The number of aliphatic carboxylic acids is 1. The lowest BCUT2D eigenvalue weighted by Gasteiger charge is -2.30. The third-order valence-electron chi connectivity index (χ3n) is 6.26.